The van der Waals surface area contributed by atoms with Crippen LogP contribution >= 0.6 is 0 Å². The summed E-state index contributed by atoms with van der Waals surface area (Å²) in [5.74, 6) is 2.48. The van der Waals surface area contributed by atoms with E-state index in [1.54, 1.807) is 0 Å². The lowest BCUT2D eigenvalue weighted by molar-refractivity contribution is -0.130. The number of nitrogens with zero attached hydrogens (tertiary/aromatic N) is 1. The number of carbonyl (C=O) groups is 1. The Labute approximate surface area is 146 Å². The Morgan fingerprint density at radius 1 is 1.25 bits per heavy atom. The van der Waals surface area contributed by atoms with Crippen molar-refractivity contribution in [2.45, 2.75) is 58.0 Å². The Hall–Kier alpha value is -1.49. The summed E-state index contributed by atoms with van der Waals surface area (Å²) in [5.41, 5.74) is 1.15. The predicted octanol–water partition coefficient (Wildman–Crippen LogP) is 3.46. The first-order valence-corrected chi connectivity index (χ1v) is 12.0. The molecule has 1 atom stereocenters. The van der Waals surface area contributed by atoms with Crippen LogP contribution in [0.5, 0.6) is 11.5 Å². The summed E-state index contributed by atoms with van der Waals surface area (Å²) in [7, 11) is -0.505. The van der Waals surface area contributed by atoms with E-state index < -0.39 is 8.80 Å². The number of ether oxygens (including phenoxy) is 2. The first-order chi connectivity index (χ1) is 11.5. The van der Waals surface area contributed by atoms with Crippen molar-refractivity contribution >= 4 is 14.7 Å². The zero-order chi connectivity index (χ0) is 17.1. The van der Waals surface area contributed by atoms with E-state index in [0.29, 0.717) is 18.2 Å². The zero-order valence-electron chi connectivity index (χ0n) is 15.1. The van der Waals surface area contributed by atoms with Gasteiger partial charge in [0.05, 0.1) is 0 Å². The molecule has 3 rings (SSSR count). The molecular weight excluding hydrogens is 318 g/mol. The zero-order valence-corrected chi connectivity index (χ0v) is 16.2. The van der Waals surface area contributed by atoms with Crippen LogP contribution in [-0.2, 0) is 11.2 Å². The number of hydrogen-bond acceptors (Lipinski definition) is 3. The Bertz CT molecular complexity index is 582. The summed E-state index contributed by atoms with van der Waals surface area (Å²) in [6, 6.07) is 8.61. The van der Waals surface area contributed by atoms with Gasteiger partial charge in [0, 0.05) is 34.7 Å². The minimum atomic E-state index is -0.505. The highest BCUT2D eigenvalue weighted by Crippen LogP contribution is 2.37. The number of amides is 1. The molecule has 24 heavy (non-hydrogen) atoms. The van der Waals surface area contributed by atoms with Crippen LogP contribution in [0, 0.1) is 5.92 Å². The molecule has 4 nitrogen and oxygen atoms in total. The van der Waals surface area contributed by atoms with Crippen LogP contribution in [0.2, 0.25) is 18.6 Å². The van der Waals surface area contributed by atoms with Gasteiger partial charge in [-0.2, -0.15) is 0 Å². The molecule has 0 saturated carbocycles. The Kier molecular flexibility index (Phi) is 5.49. The van der Waals surface area contributed by atoms with Gasteiger partial charge in [-0.05, 0) is 42.1 Å². The summed E-state index contributed by atoms with van der Waals surface area (Å²) in [6.45, 7) is 8.68. The fraction of sp³-hybridized carbons (Fsp3) is 0.632. The summed E-state index contributed by atoms with van der Waals surface area (Å²) in [4.78, 5) is 14.4. The fourth-order valence-electron chi connectivity index (χ4n) is 3.35. The third kappa shape index (κ3) is 4.32. The van der Waals surface area contributed by atoms with Gasteiger partial charge in [0.1, 0.15) is 0 Å². The van der Waals surface area contributed by atoms with Crippen LogP contribution in [0.15, 0.2) is 18.2 Å². The lowest BCUT2D eigenvalue weighted by atomic mass is 10.1. The molecule has 1 saturated heterocycles. The minimum Gasteiger partial charge on any atom is -0.451 e. The highest BCUT2D eigenvalue weighted by molar-refractivity contribution is 6.57. The van der Waals surface area contributed by atoms with Crippen molar-refractivity contribution in [3.63, 3.8) is 0 Å². The van der Waals surface area contributed by atoms with E-state index in [2.05, 4.69) is 31.4 Å². The minimum absolute atomic E-state index is 0.170. The molecule has 1 amide bonds. The molecule has 1 fully saturated rings. The standard InChI is InChI=1S/C19H29NO3Si/c1-14(2)12-19-22-16-6-4-15(13-17(16)23-19)5-7-18(21)20-8-10-24(3)11-9-20/h4,6,13-14,19,24H,5,7-12H2,1-3H3. The Morgan fingerprint density at radius 3 is 2.67 bits per heavy atom. The molecule has 0 radical (unpaired) electrons. The van der Waals surface area contributed by atoms with Crippen molar-refractivity contribution in [1.29, 1.82) is 0 Å². The van der Waals surface area contributed by atoms with E-state index in [-0.39, 0.29) is 6.29 Å². The van der Waals surface area contributed by atoms with Crippen LogP contribution in [0.3, 0.4) is 0 Å². The van der Waals surface area contributed by atoms with Crippen molar-refractivity contribution in [3.8, 4) is 11.5 Å². The number of fused-ring (bicyclic) bond motifs is 1. The molecule has 132 valence electrons. The van der Waals surface area contributed by atoms with Gasteiger partial charge in [0.15, 0.2) is 11.5 Å². The molecule has 0 aliphatic carbocycles. The second kappa shape index (κ2) is 7.60. The third-order valence-corrected chi connectivity index (χ3v) is 7.44. The average Bonchev–Trinajstić information content (AvgIpc) is 2.93. The Morgan fingerprint density at radius 2 is 1.96 bits per heavy atom. The van der Waals surface area contributed by atoms with Gasteiger partial charge in [-0.15, -0.1) is 0 Å². The van der Waals surface area contributed by atoms with Crippen LogP contribution < -0.4 is 9.47 Å². The van der Waals surface area contributed by atoms with E-state index in [1.807, 2.05) is 12.1 Å². The normalized spacial score (nSPS) is 20.7. The molecule has 1 aromatic carbocycles. The highest BCUT2D eigenvalue weighted by atomic mass is 28.3. The maximum atomic E-state index is 12.4. The van der Waals surface area contributed by atoms with Crippen LogP contribution in [-0.4, -0.2) is 39.0 Å². The van der Waals surface area contributed by atoms with Gasteiger partial charge < -0.3 is 14.4 Å². The van der Waals surface area contributed by atoms with Crippen molar-refractivity contribution in [2.24, 2.45) is 5.92 Å². The van der Waals surface area contributed by atoms with Crippen molar-refractivity contribution < 1.29 is 14.3 Å². The first kappa shape index (κ1) is 17.3. The molecule has 0 bridgehead atoms. The average molecular weight is 348 g/mol. The van der Waals surface area contributed by atoms with Gasteiger partial charge >= 0.3 is 0 Å². The second-order valence-corrected chi connectivity index (χ2v) is 11.0. The molecule has 0 aromatic heterocycles. The summed E-state index contributed by atoms with van der Waals surface area (Å²) >= 11 is 0. The molecule has 2 heterocycles. The molecule has 1 unspecified atom stereocenters. The van der Waals surface area contributed by atoms with Crippen molar-refractivity contribution in [1.82, 2.24) is 4.90 Å². The molecule has 5 heteroatoms. The lowest BCUT2D eigenvalue weighted by Crippen LogP contribution is -2.39. The maximum Gasteiger partial charge on any atom is 0.241 e. The molecule has 2 aliphatic heterocycles. The van der Waals surface area contributed by atoms with Gasteiger partial charge in [0.25, 0.3) is 0 Å². The predicted molar refractivity (Wildman–Crippen MR) is 98.5 cm³/mol. The molecule has 0 N–H and O–H groups in total. The monoisotopic (exact) mass is 347 g/mol. The highest BCUT2D eigenvalue weighted by Gasteiger charge is 2.25. The van der Waals surface area contributed by atoms with Crippen LogP contribution in [0.1, 0.15) is 32.3 Å². The largest absolute Gasteiger partial charge is 0.451 e. The molecule has 1 aromatic rings. The smallest absolute Gasteiger partial charge is 0.241 e. The topological polar surface area (TPSA) is 38.8 Å². The van der Waals surface area contributed by atoms with E-state index in [4.69, 9.17) is 9.47 Å². The molecular formula is C19H29NO3Si. The number of rotatable bonds is 5. The summed E-state index contributed by atoms with van der Waals surface area (Å²) in [6.07, 6.45) is 2.08. The first-order valence-electron chi connectivity index (χ1n) is 9.25. The lowest BCUT2D eigenvalue weighted by Gasteiger charge is -2.29. The van der Waals surface area contributed by atoms with E-state index in [0.717, 1.165) is 43.0 Å². The summed E-state index contributed by atoms with van der Waals surface area (Å²) < 4.78 is 11.7. The van der Waals surface area contributed by atoms with Gasteiger partial charge in [-0.25, -0.2) is 0 Å². The van der Waals surface area contributed by atoms with Gasteiger partial charge in [-0.3, -0.25) is 4.79 Å². The Balaban J connectivity index is 1.51. The van der Waals surface area contributed by atoms with Crippen LogP contribution in [0.25, 0.3) is 0 Å². The maximum absolute atomic E-state index is 12.4. The fourth-order valence-corrected chi connectivity index (χ4v) is 5.15. The quantitative estimate of drug-likeness (QED) is 0.766. The SMILES string of the molecule is CC(C)CC1Oc2ccc(CCC(=O)N3CC[SiH](C)CC3)cc2O1. The third-order valence-electron chi connectivity index (χ3n) is 4.95. The number of aryl methyl sites for hydroxylation is 1. The van der Waals surface area contributed by atoms with Gasteiger partial charge in [-0.1, -0.05) is 26.5 Å². The molecule has 2 aliphatic rings. The van der Waals surface area contributed by atoms with E-state index in [9.17, 15) is 4.79 Å². The van der Waals surface area contributed by atoms with Crippen LogP contribution in [0.4, 0.5) is 0 Å². The van der Waals surface area contributed by atoms with E-state index >= 15 is 0 Å². The van der Waals surface area contributed by atoms with E-state index in [1.165, 1.54) is 12.1 Å². The van der Waals surface area contributed by atoms with Crippen molar-refractivity contribution in [3.05, 3.63) is 23.8 Å². The number of benzene rings is 1. The second-order valence-electron chi connectivity index (χ2n) is 7.64. The van der Waals surface area contributed by atoms with Gasteiger partial charge in [0.2, 0.25) is 12.2 Å². The molecule has 0 spiro atoms. The summed E-state index contributed by atoms with van der Waals surface area (Å²) in [5, 5.41) is 0. The number of carbonyl (C=O) groups excluding carboxylic acids is 1. The number of hydrogen-bond donors (Lipinski definition) is 0. The van der Waals surface area contributed by atoms with Crippen molar-refractivity contribution in [2.75, 3.05) is 13.1 Å².